The molecule has 148 valence electrons. The number of halogens is 3. The van der Waals surface area contributed by atoms with Gasteiger partial charge < -0.3 is 15.4 Å². The topological polar surface area (TPSA) is 67.4 Å². The molecule has 0 aliphatic rings. The number of carbonyl (C=O) groups is 2. The summed E-state index contributed by atoms with van der Waals surface area (Å²) >= 11 is 6.11. The highest BCUT2D eigenvalue weighted by atomic mass is 35.5. The molecule has 0 fully saturated rings. The lowest BCUT2D eigenvalue weighted by Crippen LogP contribution is -2.24. The van der Waals surface area contributed by atoms with Crippen molar-refractivity contribution < 1.29 is 23.1 Å². The number of hydrogen-bond acceptors (Lipinski definition) is 3. The average Bonchev–Trinajstić information content (AvgIpc) is 2.65. The van der Waals surface area contributed by atoms with E-state index in [1.807, 2.05) is 6.92 Å². The third kappa shape index (κ3) is 6.35. The van der Waals surface area contributed by atoms with Gasteiger partial charge in [-0.3, -0.25) is 9.59 Å². The maximum absolute atomic E-state index is 12.4. The van der Waals surface area contributed by atoms with E-state index in [0.29, 0.717) is 23.4 Å². The Hall–Kier alpha value is -2.93. The first-order valence-corrected chi connectivity index (χ1v) is 8.89. The number of amides is 2. The first-order valence-electron chi connectivity index (χ1n) is 8.51. The molecule has 0 saturated heterocycles. The fourth-order valence-corrected chi connectivity index (χ4v) is 2.55. The van der Waals surface area contributed by atoms with Gasteiger partial charge in [-0.05, 0) is 36.8 Å². The van der Waals surface area contributed by atoms with Crippen molar-refractivity contribution in [3.8, 4) is 5.75 Å². The summed E-state index contributed by atoms with van der Waals surface area (Å²) in [6, 6.07) is 10.6. The fraction of sp³-hybridized carbons (Fsp3) is 0.200. The van der Waals surface area contributed by atoms with E-state index in [-0.39, 0.29) is 16.7 Å². The second-order valence-corrected chi connectivity index (χ2v) is 6.10. The Morgan fingerprint density at radius 2 is 1.96 bits per heavy atom. The van der Waals surface area contributed by atoms with Gasteiger partial charge in [0.15, 0.2) is 0 Å². The van der Waals surface area contributed by atoms with Gasteiger partial charge >= 0.3 is 6.61 Å². The lowest BCUT2D eigenvalue weighted by molar-refractivity contribution is -0.111. The monoisotopic (exact) mass is 408 g/mol. The Bertz CT molecular complexity index is 872. The lowest BCUT2D eigenvalue weighted by atomic mass is 10.1. The zero-order valence-corrected chi connectivity index (χ0v) is 15.8. The predicted molar refractivity (Wildman–Crippen MR) is 105 cm³/mol. The summed E-state index contributed by atoms with van der Waals surface area (Å²) in [7, 11) is 0. The molecule has 0 aromatic heterocycles. The van der Waals surface area contributed by atoms with Crippen molar-refractivity contribution in [3.05, 3.63) is 64.7 Å². The van der Waals surface area contributed by atoms with Crippen LogP contribution in [-0.2, 0) is 4.79 Å². The van der Waals surface area contributed by atoms with Crippen molar-refractivity contribution in [1.29, 1.82) is 0 Å². The van der Waals surface area contributed by atoms with Crippen LogP contribution in [0.2, 0.25) is 5.02 Å². The van der Waals surface area contributed by atoms with E-state index >= 15 is 0 Å². The summed E-state index contributed by atoms with van der Waals surface area (Å²) < 4.78 is 29.2. The Balaban J connectivity index is 2.04. The fourth-order valence-electron chi connectivity index (χ4n) is 2.28. The van der Waals surface area contributed by atoms with Crippen molar-refractivity contribution in [2.45, 2.75) is 20.0 Å². The summed E-state index contributed by atoms with van der Waals surface area (Å²) in [6.45, 7) is -0.486. The maximum atomic E-state index is 12.4. The van der Waals surface area contributed by atoms with Crippen molar-refractivity contribution in [1.82, 2.24) is 5.32 Å². The zero-order valence-electron chi connectivity index (χ0n) is 15.0. The molecule has 2 amide bonds. The van der Waals surface area contributed by atoms with Crippen LogP contribution in [0.25, 0.3) is 6.08 Å². The Labute approximate surface area is 166 Å². The molecule has 0 aliphatic carbocycles. The highest BCUT2D eigenvalue weighted by molar-refractivity contribution is 6.34. The van der Waals surface area contributed by atoms with Gasteiger partial charge in [0.1, 0.15) is 5.75 Å². The summed E-state index contributed by atoms with van der Waals surface area (Å²) in [5, 5.41) is 5.51. The number of para-hydroxylation sites is 1. The summed E-state index contributed by atoms with van der Waals surface area (Å²) in [5.41, 5.74) is 1.03. The maximum Gasteiger partial charge on any atom is 0.387 e. The largest absolute Gasteiger partial charge is 0.434 e. The van der Waals surface area contributed by atoms with E-state index in [1.54, 1.807) is 24.3 Å². The average molecular weight is 409 g/mol. The minimum atomic E-state index is -2.96. The standard InChI is InChI=1S/C20H19ClF2N2O3/c1-2-11-24-19(27)15-9-8-14(12-16(15)21)25-18(26)10-7-13-5-3-4-6-17(13)28-20(22)23/h3-10,12,20H,2,11H2,1H3,(H,24,27)(H,25,26)/b10-7+. The van der Waals surface area contributed by atoms with Gasteiger partial charge in [-0.2, -0.15) is 8.78 Å². The van der Waals surface area contributed by atoms with E-state index in [9.17, 15) is 18.4 Å². The molecule has 0 saturated carbocycles. The molecule has 0 unspecified atom stereocenters. The van der Waals surface area contributed by atoms with Crippen LogP contribution >= 0.6 is 11.6 Å². The number of nitrogens with one attached hydrogen (secondary N) is 2. The Morgan fingerprint density at radius 3 is 2.64 bits per heavy atom. The van der Waals surface area contributed by atoms with Crippen LogP contribution < -0.4 is 15.4 Å². The molecule has 0 bridgehead atoms. The quantitative estimate of drug-likeness (QED) is 0.620. The van der Waals surface area contributed by atoms with Gasteiger partial charge in [0.05, 0.1) is 10.6 Å². The zero-order chi connectivity index (χ0) is 20.5. The van der Waals surface area contributed by atoms with E-state index in [0.717, 1.165) is 6.42 Å². The summed E-state index contributed by atoms with van der Waals surface area (Å²) in [4.78, 5) is 24.0. The van der Waals surface area contributed by atoms with Crippen molar-refractivity contribution in [2.24, 2.45) is 0 Å². The number of rotatable bonds is 8. The predicted octanol–water partition coefficient (Wildman–Crippen LogP) is 4.73. The molecule has 0 atom stereocenters. The van der Waals surface area contributed by atoms with E-state index in [4.69, 9.17) is 11.6 Å². The first-order chi connectivity index (χ1) is 13.4. The minimum Gasteiger partial charge on any atom is -0.434 e. The molecule has 0 radical (unpaired) electrons. The van der Waals surface area contributed by atoms with E-state index < -0.39 is 12.5 Å². The third-order valence-corrected chi connectivity index (χ3v) is 3.88. The summed E-state index contributed by atoms with van der Waals surface area (Å²) in [5.74, 6) is -0.821. The van der Waals surface area contributed by atoms with Crippen LogP contribution in [0, 0.1) is 0 Å². The normalized spacial score (nSPS) is 10.9. The molecule has 28 heavy (non-hydrogen) atoms. The number of ether oxygens (including phenoxy) is 1. The van der Waals surface area contributed by atoms with Gasteiger partial charge in [-0.1, -0.05) is 36.7 Å². The van der Waals surface area contributed by atoms with Gasteiger partial charge in [-0.25, -0.2) is 0 Å². The number of carbonyl (C=O) groups excluding carboxylic acids is 2. The Morgan fingerprint density at radius 1 is 1.21 bits per heavy atom. The van der Waals surface area contributed by atoms with Gasteiger partial charge in [-0.15, -0.1) is 0 Å². The molecule has 2 aromatic rings. The molecule has 2 aromatic carbocycles. The molecular weight excluding hydrogens is 390 g/mol. The van der Waals surface area contributed by atoms with Crippen LogP contribution in [0.3, 0.4) is 0 Å². The number of alkyl halides is 2. The van der Waals surface area contributed by atoms with Crippen molar-refractivity contribution in [3.63, 3.8) is 0 Å². The van der Waals surface area contributed by atoms with Crippen LogP contribution in [0.5, 0.6) is 5.75 Å². The van der Waals surface area contributed by atoms with Gasteiger partial charge in [0, 0.05) is 23.9 Å². The van der Waals surface area contributed by atoms with Gasteiger partial charge in [0.2, 0.25) is 5.91 Å². The molecule has 0 spiro atoms. The van der Waals surface area contributed by atoms with Crippen LogP contribution in [0.15, 0.2) is 48.5 Å². The SMILES string of the molecule is CCCNC(=O)c1ccc(NC(=O)/C=C/c2ccccc2OC(F)F)cc1Cl. The molecule has 0 heterocycles. The number of hydrogen-bond donors (Lipinski definition) is 2. The van der Waals surface area contributed by atoms with Crippen LogP contribution in [0.1, 0.15) is 29.3 Å². The van der Waals surface area contributed by atoms with Crippen molar-refractivity contribution >= 4 is 35.2 Å². The molecule has 2 rings (SSSR count). The lowest BCUT2D eigenvalue weighted by Gasteiger charge is -2.09. The second-order valence-electron chi connectivity index (χ2n) is 5.69. The highest BCUT2D eigenvalue weighted by Gasteiger charge is 2.11. The second kappa shape index (κ2) is 10.4. The minimum absolute atomic E-state index is 0.0351. The van der Waals surface area contributed by atoms with Crippen LogP contribution in [0.4, 0.5) is 14.5 Å². The highest BCUT2D eigenvalue weighted by Crippen LogP contribution is 2.23. The van der Waals surface area contributed by atoms with Crippen molar-refractivity contribution in [2.75, 3.05) is 11.9 Å². The number of anilines is 1. The van der Waals surface area contributed by atoms with Crippen LogP contribution in [-0.4, -0.2) is 25.0 Å². The first kappa shape index (κ1) is 21.4. The smallest absolute Gasteiger partial charge is 0.387 e. The number of benzene rings is 2. The molecule has 2 N–H and O–H groups in total. The molecule has 5 nitrogen and oxygen atoms in total. The van der Waals surface area contributed by atoms with E-state index in [1.165, 1.54) is 30.4 Å². The van der Waals surface area contributed by atoms with E-state index in [2.05, 4.69) is 15.4 Å². The Kier molecular flexibility index (Phi) is 7.95. The summed E-state index contributed by atoms with van der Waals surface area (Å²) in [6.07, 6.45) is 3.35. The molecule has 8 heteroatoms. The van der Waals surface area contributed by atoms with Gasteiger partial charge in [0.25, 0.3) is 5.91 Å². The third-order valence-electron chi connectivity index (χ3n) is 3.57. The molecule has 0 aliphatic heterocycles. The molecular formula is C20H19ClF2N2O3.